The predicted octanol–water partition coefficient (Wildman–Crippen LogP) is 4.19. The van der Waals surface area contributed by atoms with Gasteiger partial charge in [0.1, 0.15) is 5.01 Å². The van der Waals surface area contributed by atoms with Gasteiger partial charge in [0.05, 0.1) is 23.7 Å². The van der Waals surface area contributed by atoms with Crippen LogP contribution in [-0.4, -0.2) is 22.8 Å². The van der Waals surface area contributed by atoms with E-state index >= 15 is 0 Å². The van der Waals surface area contributed by atoms with Gasteiger partial charge in [-0.25, -0.2) is 4.98 Å². The maximum Gasteiger partial charge on any atom is 0.228 e. The second-order valence-electron chi connectivity index (χ2n) is 6.25. The van der Waals surface area contributed by atoms with Crippen LogP contribution in [0.25, 0.3) is 10.6 Å². The van der Waals surface area contributed by atoms with Crippen molar-refractivity contribution < 1.29 is 4.79 Å². The van der Waals surface area contributed by atoms with Crippen LogP contribution < -0.4 is 0 Å². The van der Waals surface area contributed by atoms with Crippen molar-refractivity contribution >= 4 is 17.2 Å². The van der Waals surface area contributed by atoms with E-state index in [1.54, 1.807) is 35.4 Å². The molecule has 1 aromatic heterocycles. The SMILES string of the molecule is Cc1cccc(-c2nc(CC(=O)N(C)Cc3ccc(C#N)cc3)cs2)c1. The number of nitrogens with zero attached hydrogens (tertiary/aromatic N) is 3. The number of amides is 1. The van der Waals surface area contributed by atoms with Crippen molar-refractivity contribution in [3.63, 3.8) is 0 Å². The van der Waals surface area contributed by atoms with Gasteiger partial charge >= 0.3 is 0 Å². The Morgan fingerprint density at radius 2 is 2.00 bits per heavy atom. The van der Waals surface area contributed by atoms with Gasteiger partial charge in [0.15, 0.2) is 0 Å². The summed E-state index contributed by atoms with van der Waals surface area (Å²) < 4.78 is 0. The molecule has 0 saturated heterocycles. The number of nitriles is 1. The van der Waals surface area contributed by atoms with Gasteiger partial charge in [-0.15, -0.1) is 11.3 Å². The van der Waals surface area contributed by atoms with Crippen LogP contribution in [0.15, 0.2) is 53.9 Å². The quantitative estimate of drug-likeness (QED) is 0.685. The molecule has 1 amide bonds. The second kappa shape index (κ2) is 7.94. The maximum absolute atomic E-state index is 12.5. The second-order valence-corrected chi connectivity index (χ2v) is 7.11. The summed E-state index contributed by atoms with van der Waals surface area (Å²) in [7, 11) is 1.79. The Balaban J connectivity index is 1.63. The van der Waals surface area contributed by atoms with Gasteiger partial charge in [0.2, 0.25) is 5.91 Å². The average molecular weight is 361 g/mol. The van der Waals surface area contributed by atoms with E-state index in [2.05, 4.69) is 30.1 Å². The van der Waals surface area contributed by atoms with Crippen molar-refractivity contribution in [3.05, 3.63) is 76.3 Å². The van der Waals surface area contributed by atoms with Crippen molar-refractivity contribution in [2.24, 2.45) is 0 Å². The van der Waals surface area contributed by atoms with Gasteiger partial charge in [-0.05, 0) is 30.7 Å². The first-order valence-electron chi connectivity index (χ1n) is 8.29. The Labute approximate surface area is 157 Å². The van der Waals surface area contributed by atoms with Crippen LogP contribution in [-0.2, 0) is 17.8 Å². The summed E-state index contributed by atoms with van der Waals surface area (Å²) in [4.78, 5) is 18.8. The lowest BCUT2D eigenvalue weighted by Crippen LogP contribution is -2.27. The molecule has 0 bridgehead atoms. The van der Waals surface area contributed by atoms with Gasteiger partial charge in [0.25, 0.3) is 0 Å². The molecule has 3 aromatic rings. The van der Waals surface area contributed by atoms with E-state index in [1.165, 1.54) is 5.56 Å². The van der Waals surface area contributed by atoms with Crippen LogP contribution in [0.2, 0.25) is 0 Å². The minimum absolute atomic E-state index is 0.0236. The fraction of sp³-hybridized carbons (Fsp3) is 0.190. The number of carbonyl (C=O) groups is 1. The molecule has 2 aromatic carbocycles. The summed E-state index contributed by atoms with van der Waals surface area (Å²) in [6, 6.07) is 17.6. The van der Waals surface area contributed by atoms with Gasteiger partial charge in [-0.2, -0.15) is 5.26 Å². The summed E-state index contributed by atoms with van der Waals surface area (Å²) in [5.41, 5.74) is 4.69. The first-order chi connectivity index (χ1) is 12.5. The number of hydrogen-bond acceptors (Lipinski definition) is 4. The van der Waals surface area contributed by atoms with Crippen molar-refractivity contribution in [2.45, 2.75) is 19.9 Å². The molecule has 0 N–H and O–H groups in total. The molecule has 0 radical (unpaired) electrons. The van der Waals surface area contributed by atoms with Crippen LogP contribution in [0.5, 0.6) is 0 Å². The third-order valence-electron chi connectivity index (χ3n) is 4.08. The largest absolute Gasteiger partial charge is 0.341 e. The summed E-state index contributed by atoms with van der Waals surface area (Å²) in [5, 5.41) is 11.7. The number of aromatic nitrogens is 1. The molecule has 3 rings (SSSR count). The Bertz CT molecular complexity index is 954. The first-order valence-corrected chi connectivity index (χ1v) is 9.17. The molecule has 0 aliphatic rings. The summed E-state index contributed by atoms with van der Waals surface area (Å²) in [6.07, 6.45) is 0.287. The summed E-state index contributed by atoms with van der Waals surface area (Å²) in [6.45, 7) is 2.57. The molecule has 5 heteroatoms. The van der Waals surface area contributed by atoms with Crippen molar-refractivity contribution in [3.8, 4) is 16.6 Å². The van der Waals surface area contributed by atoms with E-state index in [1.807, 2.05) is 29.6 Å². The fourth-order valence-electron chi connectivity index (χ4n) is 2.64. The standard InChI is InChI=1S/C21H19N3OS/c1-15-4-3-5-18(10-15)21-23-19(14-26-21)11-20(25)24(2)13-17-8-6-16(12-22)7-9-17/h3-10,14H,11,13H2,1-2H3. The van der Waals surface area contributed by atoms with Gasteiger partial charge in [0, 0.05) is 24.5 Å². The fourth-order valence-corrected chi connectivity index (χ4v) is 3.45. The zero-order valence-electron chi connectivity index (χ0n) is 14.8. The molecule has 0 saturated carbocycles. The molecule has 0 atom stereocenters. The van der Waals surface area contributed by atoms with Crippen molar-refractivity contribution in [1.29, 1.82) is 5.26 Å². The highest BCUT2D eigenvalue weighted by Crippen LogP contribution is 2.24. The molecular weight excluding hydrogens is 342 g/mol. The minimum Gasteiger partial charge on any atom is -0.341 e. The Morgan fingerprint density at radius 1 is 1.23 bits per heavy atom. The molecule has 0 unspecified atom stereocenters. The number of hydrogen-bond donors (Lipinski definition) is 0. The molecule has 0 fully saturated rings. The molecule has 0 aliphatic carbocycles. The van der Waals surface area contributed by atoms with E-state index in [9.17, 15) is 4.79 Å². The topological polar surface area (TPSA) is 57.0 Å². The molecule has 0 aliphatic heterocycles. The molecule has 4 nitrogen and oxygen atoms in total. The van der Waals surface area contributed by atoms with Crippen molar-refractivity contribution in [2.75, 3.05) is 7.05 Å². The normalized spacial score (nSPS) is 10.3. The molecule has 26 heavy (non-hydrogen) atoms. The molecule has 0 spiro atoms. The highest BCUT2D eigenvalue weighted by Gasteiger charge is 2.13. The number of aryl methyl sites for hydroxylation is 1. The Kier molecular flexibility index (Phi) is 5.45. The van der Waals surface area contributed by atoms with E-state index in [-0.39, 0.29) is 12.3 Å². The van der Waals surface area contributed by atoms with Gasteiger partial charge in [-0.3, -0.25) is 4.79 Å². The number of thiazole rings is 1. The van der Waals surface area contributed by atoms with E-state index < -0.39 is 0 Å². The van der Waals surface area contributed by atoms with E-state index in [0.717, 1.165) is 21.8 Å². The smallest absolute Gasteiger partial charge is 0.228 e. The lowest BCUT2D eigenvalue weighted by Gasteiger charge is -2.16. The highest BCUT2D eigenvalue weighted by atomic mass is 32.1. The summed E-state index contributed by atoms with van der Waals surface area (Å²) >= 11 is 1.56. The average Bonchev–Trinajstić information content (AvgIpc) is 3.11. The molecular formula is C21H19N3OS. The molecule has 130 valence electrons. The zero-order chi connectivity index (χ0) is 18.5. The van der Waals surface area contributed by atoms with Crippen LogP contribution >= 0.6 is 11.3 Å². The Hall–Kier alpha value is -2.97. The monoisotopic (exact) mass is 361 g/mol. The number of benzene rings is 2. The minimum atomic E-state index is 0.0236. The van der Waals surface area contributed by atoms with E-state index in [0.29, 0.717) is 12.1 Å². The first kappa shape index (κ1) is 17.8. The van der Waals surface area contributed by atoms with Crippen LogP contribution in [0.4, 0.5) is 0 Å². The molecule has 1 heterocycles. The predicted molar refractivity (Wildman–Crippen MR) is 104 cm³/mol. The highest BCUT2D eigenvalue weighted by molar-refractivity contribution is 7.13. The number of carbonyl (C=O) groups excluding carboxylic acids is 1. The zero-order valence-corrected chi connectivity index (χ0v) is 15.6. The maximum atomic E-state index is 12.5. The lowest BCUT2D eigenvalue weighted by molar-refractivity contribution is -0.129. The van der Waals surface area contributed by atoms with Crippen molar-refractivity contribution in [1.82, 2.24) is 9.88 Å². The van der Waals surface area contributed by atoms with Crippen LogP contribution in [0.3, 0.4) is 0 Å². The lowest BCUT2D eigenvalue weighted by atomic mass is 10.1. The van der Waals surface area contributed by atoms with Gasteiger partial charge in [-0.1, -0.05) is 35.9 Å². The summed E-state index contributed by atoms with van der Waals surface area (Å²) in [5.74, 6) is 0.0236. The number of rotatable bonds is 5. The third kappa shape index (κ3) is 4.35. The Morgan fingerprint density at radius 3 is 2.69 bits per heavy atom. The van der Waals surface area contributed by atoms with Crippen LogP contribution in [0, 0.1) is 18.3 Å². The third-order valence-corrected chi connectivity index (χ3v) is 5.02. The van der Waals surface area contributed by atoms with Gasteiger partial charge < -0.3 is 4.90 Å². The number of likely N-dealkylation sites (N-methyl/N-ethyl adjacent to an activating group) is 1. The van der Waals surface area contributed by atoms with E-state index in [4.69, 9.17) is 5.26 Å². The van der Waals surface area contributed by atoms with Crippen LogP contribution in [0.1, 0.15) is 22.4 Å².